The predicted molar refractivity (Wildman–Crippen MR) is 75.8 cm³/mol. The van der Waals surface area contributed by atoms with Gasteiger partial charge in [-0.1, -0.05) is 0 Å². The van der Waals surface area contributed by atoms with Crippen LogP contribution in [0.3, 0.4) is 0 Å². The first-order valence-electron chi connectivity index (χ1n) is 5.53. The maximum Gasteiger partial charge on any atom is 0.273 e. The summed E-state index contributed by atoms with van der Waals surface area (Å²) >= 11 is 1.09. The van der Waals surface area contributed by atoms with E-state index in [9.17, 15) is 8.42 Å². The van der Waals surface area contributed by atoms with E-state index in [4.69, 9.17) is 0 Å². The lowest BCUT2D eigenvalue weighted by atomic mass is 10.2. The molecule has 0 amide bonds. The fourth-order valence-corrected chi connectivity index (χ4v) is 3.73. The minimum Gasteiger partial charge on any atom is -0.351 e. The second-order valence-corrected chi connectivity index (χ2v) is 6.92. The molecule has 0 saturated heterocycles. The molecule has 2 heterocycles. The van der Waals surface area contributed by atoms with E-state index in [1.54, 1.807) is 6.07 Å². The Morgan fingerprint density at radius 3 is 2.89 bits per heavy atom. The van der Waals surface area contributed by atoms with E-state index in [1.807, 2.05) is 36.0 Å². The van der Waals surface area contributed by atoms with E-state index in [0.29, 0.717) is 5.69 Å². The van der Waals surface area contributed by atoms with Crippen molar-refractivity contribution >= 4 is 38.0 Å². The van der Waals surface area contributed by atoms with Crippen molar-refractivity contribution < 1.29 is 8.42 Å². The lowest BCUT2D eigenvalue weighted by Crippen LogP contribution is -2.11. The Balaban J connectivity index is 1.98. The number of thiazole rings is 1. The summed E-state index contributed by atoms with van der Waals surface area (Å²) in [5.41, 5.74) is 3.10. The number of rotatable bonds is 3. The van der Waals surface area contributed by atoms with E-state index in [0.717, 1.165) is 22.2 Å². The van der Waals surface area contributed by atoms with Gasteiger partial charge in [-0.15, -0.1) is 11.3 Å². The second-order valence-electron chi connectivity index (χ2n) is 4.13. The summed E-state index contributed by atoms with van der Waals surface area (Å²) in [6, 6.07) is 7.40. The molecule has 0 spiro atoms. The molecule has 7 heteroatoms. The zero-order valence-electron chi connectivity index (χ0n) is 10.1. The molecule has 0 aliphatic heterocycles. The largest absolute Gasteiger partial charge is 0.351 e. The topological polar surface area (TPSA) is 64.0 Å². The Labute approximate surface area is 114 Å². The van der Waals surface area contributed by atoms with Crippen LogP contribution in [0.2, 0.25) is 0 Å². The smallest absolute Gasteiger partial charge is 0.273 e. The molecule has 5 nitrogen and oxygen atoms in total. The molecule has 98 valence electrons. The molecule has 0 bridgehead atoms. The first kappa shape index (κ1) is 12.2. The Hall–Kier alpha value is -1.86. The van der Waals surface area contributed by atoms with Gasteiger partial charge in [0.1, 0.15) is 0 Å². The summed E-state index contributed by atoms with van der Waals surface area (Å²) in [5, 5.41) is 0.993. The van der Waals surface area contributed by atoms with Gasteiger partial charge in [-0.3, -0.25) is 9.71 Å². The van der Waals surface area contributed by atoms with Gasteiger partial charge in [0.2, 0.25) is 0 Å². The van der Waals surface area contributed by atoms with Gasteiger partial charge in [0, 0.05) is 29.8 Å². The molecule has 3 aromatic rings. The highest BCUT2D eigenvalue weighted by molar-refractivity contribution is 7.94. The number of fused-ring (bicyclic) bond motifs is 1. The van der Waals surface area contributed by atoms with E-state index in [2.05, 4.69) is 9.71 Å². The second kappa shape index (κ2) is 4.36. The van der Waals surface area contributed by atoms with Crippen molar-refractivity contribution in [2.45, 2.75) is 4.21 Å². The van der Waals surface area contributed by atoms with Crippen molar-refractivity contribution in [1.29, 1.82) is 0 Å². The number of hydrogen-bond donors (Lipinski definition) is 1. The lowest BCUT2D eigenvalue weighted by Gasteiger charge is -2.06. The summed E-state index contributed by atoms with van der Waals surface area (Å²) in [7, 11) is -1.58. The highest BCUT2D eigenvalue weighted by atomic mass is 32.2. The van der Waals surface area contributed by atoms with Gasteiger partial charge in [0.05, 0.1) is 11.7 Å². The fraction of sp³-hybridized carbons (Fsp3) is 0.0833. The van der Waals surface area contributed by atoms with Crippen molar-refractivity contribution in [3.05, 3.63) is 42.2 Å². The number of sulfonamides is 1. The van der Waals surface area contributed by atoms with Crippen molar-refractivity contribution in [2.75, 3.05) is 4.72 Å². The SMILES string of the molecule is Cn1ccc2cc(NS(=O)(=O)c3cncs3)ccc21. The third-order valence-electron chi connectivity index (χ3n) is 2.81. The maximum absolute atomic E-state index is 12.1. The molecule has 0 unspecified atom stereocenters. The molecule has 0 radical (unpaired) electrons. The van der Waals surface area contributed by atoms with Crippen LogP contribution in [0.5, 0.6) is 0 Å². The number of anilines is 1. The lowest BCUT2D eigenvalue weighted by molar-refractivity contribution is 0.603. The summed E-state index contributed by atoms with van der Waals surface area (Å²) in [4.78, 5) is 3.78. The molecule has 1 aromatic carbocycles. The van der Waals surface area contributed by atoms with Crippen LogP contribution in [-0.4, -0.2) is 18.0 Å². The van der Waals surface area contributed by atoms with Crippen LogP contribution < -0.4 is 4.72 Å². The highest BCUT2D eigenvalue weighted by Crippen LogP contribution is 2.23. The maximum atomic E-state index is 12.1. The van der Waals surface area contributed by atoms with Crippen LogP contribution in [0.15, 0.2) is 46.4 Å². The van der Waals surface area contributed by atoms with Crippen LogP contribution in [0.25, 0.3) is 10.9 Å². The Bertz CT molecular complexity index is 820. The van der Waals surface area contributed by atoms with Crippen LogP contribution in [0, 0.1) is 0 Å². The molecule has 0 atom stereocenters. The number of nitrogens with one attached hydrogen (secondary N) is 1. The van der Waals surface area contributed by atoms with Gasteiger partial charge in [0.25, 0.3) is 10.0 Å². The molecule has 19 heavy (non-hydrogen) atoms. The number of aryl methyl sites for hydroxylation is 1. The Morgan fingerprint density at radius 2 is 2.16 bits per heavy atom. The first-order valence-corrected chi connectivity index (χ1v) is 7.89. The van der Waals surface area contributed by atoms with Gasteiger partial charge in [-0.2, -0.15) is 0 Å². The average molecular weight is 293 g/mol. The molecule has 0 saturated carbocycles. The number of nitrogens with zero attached hydrogens (tertiary/aromatic N) is 2. The molecule has 2 aromatic heterocycles. The van der Waals surface area contributed by atoms with E-state index in [1.165, 1.54) is 11.7 Å². The van der Waals surface area contributed by atoms with Crippen LogP contribution in [0.4, 0.5) is 5.69 Å². The van der Waals surface area contributed by atoms with Gasteiger partial charge in [-0.05, 0) is 24.3 Å². The van der Waals surface area contributed by atoms with Crippen molar-refractivity contribution in [3.63, 3.8) is 0 Å². The van der Waals surface area contributed by atoms with Gasteiger partial charge in [-0.25, -0.2) is 8.42 Å². The van der Waals surface area contributed by atoms with Gasteiger partial charge < -0.3 is 4.57 Å². The standard InChI is InChI=1S/C12H11N3O2S2/c1-15-5-4-9-6-10(2-3-11(9)15)14-19(16,17)12-7-13-8-18-12/h2-8,14H,1H3. The van der Waals surface area contributed by atoms with Crippen LogP contribution in [-0.2, 0) is 17.1 Å². The first-order chi connectivity index (χ1) is 9.06. The normalized spacial score (nSPS) is 11.8. The summed E-state index contributed by atoms with van der Waals surface area (Å²) in [6.45, 7) is 0. The summed E-state index contributed by atoms with van der Waals surface area (Å²) < 4.78 is 28.9. The predicted octanol–water partition coefficient (Wildman–Crippen LogP) is 2.44. The number of hydrogen-bond acceptors (Lipinski definition) is 4. The average Bonchev–Trinajstić information content (AvgIpc) is 2.99. The van der Waals surface area contributed by atoms with Crippen LogP contribution in [0.1, 0.15) is 0 Å². The van der Waals surface area contributed by atoms with Crippen LogP contribution >= 0.6 is 11.3 Å². The molecule has 0 aliphatic rings. The zero-order chi connectivity index (χ0) is 13.5. The minimum absolute atomic E-state index is 0.209. The molecular weight excluding hydrogens is 282 g/mol. The van der Waals surface area contributed by atoms with Crippen molar-refractivity contribution in [2.24, 2.45) is 7.05 Å². The van der Waals surface area contributed by atoms with E-state index >= 15 is 0 Å². The Kier molecular flexibility index (Phi) is 2.79. The van der Waals surface area contributed by atoms with E-state index in [-0.39, 0.29) is 4.21 Å². The molecule has 3 rings (SSSR count). The molecular formula is C12H11N3O2S2. The quantitative estimate of drug-likeness (QED) is 0.806. The summed E-state index contributed by atoms with van der Waals surface area (Å²) in [5.74, 6) is 0. The molecule has 0 aliphatic carbocycles. The van der Waals surface area contributed by atoms with E-state index < -0.39 is 10.0 Å². The number of aromatic nitrogens is 2. The third-order valence-corrected chi connectivity index (χ3v) is 5.46. The molecule has 0 fully saturated rings. The zero-order valence-corrected chi connectivity index (χ0v) is 11.7. The summed E-state index contributed by atoms with van der Waals surface area (Å²) in [6.07, 6.45) is 3.28. The fourth-order valence-electron chi connectivity index (χ4n) is 1.89. The van der Waals surface area contributed by atoms with Gasteiger partial charge in [0.15, 0.2) is 4.21 Å². The molecule has 1 N–H and O–H groups in total. The van der Waals surface area contributed by atoms with Gasteiger partial charge >= 0.3 is 0 Å². The van der Waals surface area contributed by atoms with Crippen molar-refractivity contribution in [3.8, 4) is 0 Å². The minimum atomic E-state index is -3.53. The number of benzene rings is 1. The Morgan fingerprint density at radius 1 is 1.32 bits per heavy atom. The third kappa shape index (κ3) is 2.22. The van der Waals surface area contributed by atoms with Crippen molar-refractivity contribution in [1.82, 2.24) is 9.55 Å². The highest BCUT2D eigenvalue weighted by Gasteiger charge is 2.16. The monoisotopic (exact) mass is 293 g/mol.